The third kappa shape index (κ3) is 8.57. The van der Waals surface area contributed by atoms with Crippen LogP contribution in [-0.2, 0) is 27.2 Å². The second-order valence-electron chi connectivity index (χ2n) is 10.3. The molecule has 204 valence electrons. The van der Waals surface area contributed by atoms with Gasteiger partial charge in [-0.05, 0) is 86.8 Å². The van der Waals surface area contributed by atoms with Gasteiger partial charge in [0.05, 0.1) is 6.61 Å². The summed E-state index contributed by atoms with van der Waals surface area (Å²) in [6, 6.07) is 12.5. The van der Waals surface area contributed by atoms with Crippen molar-refractivity contribution < 1.29 is 23.5 Å². The molecule has 0 saturated heterocycles. The molecule has 2 aromatic rings. The molecule has 7 nitrogen and oxygen atoms in total. The molecule has 1 fully saturated rings. The number of fused-ring (bicyclic) bond motifs is 2. The molecule has 1 heterocycles. The Balaban J connectivity index is 1.49. The standard InChI is InChI=1S/C30H38FN3O4/c31-23-15-11-21(12-16-23)13-17-27-30(37)34-26(29(36)32-24-7-1-2-8-24)10-3-4-19-38-25-9-5-6-22(20-25)14-18-28(35)33-27/h5-6,9,11-12,15-16,20,24,26-27H,1-4,7-8,10,13-14,17-19H2,(H,32,36)(H,33,35)(H,34,37)/t26?,27-/m0/s1. The topological polar surface area (TPSA) is 96.5 Å². The van der Waals surface area contributed by atoms with E-state index in [4.69, 9.17) is 4.74 Å². The molecular weight excluding hydrogens is 485 g/mol. The summed E-state index contributed by atoms with van der Waals surface area (Å²) in [6.45, 7) is 0.509. The Morgan fingerprint density at radius 1 is 0.947 bits per heavy atom. The molecular formula is C30H38FN3O4. The molecule has 1 aliphatic heterocycles. The van der Waals surface area contributed by atoms with E-state index in [0.717, 1.165) is 49.0 Å². The Bertz CT molecular complexity index is 1090. The lowest BCUT2D eigenvalue weighted by Crippen LogP contribution is -2.54. The zero-order chi connectivity index (χ0) is 26.7. The summed E-state index contributed by atoms with van der Waals surface area (Å²) in [4.78, 5) is 39.5. The Morgan fingerprint density at radius 2 is 1.71 bits per heavy atom. The van der Waals surface area contributed by atoms with Crippen LogP contribution in [0.25, 0.3) is 0 Å². The molecule has 1 saturated carbocycles. The molecule has 2 aromatic carbocycles. The second-order valence-corrected chi connectivity index (χ2v) is 10.3. The van der Waals surface area contributed by atoms with Gasteiger partial charge in [0.15, 0.2) is 0 Å². The van der Waals surface area contributed by atoms with Gasteiger partial charge in [-0.1, -0.05) is 37.1 Å². The Hall–Kier alpha value is -3.42. The van der Waals surface area contributed by atoms with Gasteiger partial charge in [-0.3, -0.25) is 14.4 Å². The van der Waals surface area contributed by atoms with Crippen molar-refractivity contribution in [3.63, 3.8) is 0 Å². The number of hydrogen-bond acceptors (Lipinski definition) is 4. The van der Waals surface area contributed by atoms with Gasteiger partial charge in [-0.15, -0.1) is 0 Å². The first-order valence-electron chi connectivity index (χ1n) is 13.8. The van der Waals surface area contributed by atoms with E-state index in [1.54, 1.807) is 12.1 Å². The van der Waals surface area contributed by atoms with Gasteiger partial charge in [0.2, 0.25) is 17.7 Å². The summed E-state index contributed by atoms with van der Waals surface area (Å²) in [5.74, 6) is -0.360. The number of carbonyl (C=O) groups excluding carboxylic acids is 3. The highest BCUT2D eigenvalue weighted by atomic mass is 19.1. The highest BCUT2D eigenvalue weighted by Gasteiger charge is 2.28. The Morgan fingerprint density at radius 3 is 2.50 bits per heavy atom. The van der Waals surface area contributed by atoms with Crippen molar-refractivity contribution in [3.05, 3.63) is 65.5 Å². The molecule has 8 heteroatoms. The van der Waals surface area contributed by atoms with Crippen LogP contribution in [0.1, 0.15) is 68.9 Å². The summed E-state index contributed by atoms with van der Waals surface area (Å²) < 4.78 is 19.2. The normalized spacial score (nSPS) is 21.7. The van der Waals surface area contributed by atoms with Crippen LogP contribution in [0.3, 0.4) is 0 Å². The monoisotopic (exact) mass is 523 g/mol. The van der Waals surface area contributed by atoms with E-state index < -0.39 is 12.1 Å². The average Bonchev–Trinajstić information content (AvgIpc) is 3.42. The lowest BCUT2D eigenvalue weighted by molar-refractivity contribution is -0.132. The Kier molecular flexibility index (Phi) is 10.1. The predicted octanol–water partition coefficient (Wildman–Crippen LogP) is 3.98. The van der Waals surface area contributed by atoms with Crippen molar-refractivity contribution in [1.29, 1.82) is 0 Å². The molecule has 0 radical (unpaired) electrons. The van der Waals surface area contributed by atoms with Crippen LogP contribution in [0.5, 0.6) is 5.75 Å². The molecule has 3 N–H and O–H groups in total. The van der Waals surface area contributed by atoms with Crippen molar-refractivity contribution >= 4 is 17.7 Å². The summed E-state index contributed by atoms with van der Waals surface area (Å²) in [6.07, 6.45) is 7.58. The molecule has 4 rings (SSSR count). The molecule has 2 bridgehead atoms. The average molecular weight is 524 g/mol. The van der Waals surface area contributed by atoms with Crippen LogP contribution in [0.15, 0.2) is 48.5 Å². The zero-order valence-corrected chi connectivity index (χ0v) is 21.8. The summed E-state index contributed by atoms with van der Waals surface area (Å²) in [5, 5.41) is 8.92. The fourth-order valence-corrected chi connectivity index (χ4v) is 5.10. The maximum atomic E-state index is 13.4. The maximum absolute atomic E-state index is 13.4. The van der Waals surface area contributed by atoms with E-state index in [-0.39, 0.29) is 36.0 Å². The largest absolute Gasteiger partial charge is 0.494 e. The van der Waals surface area contributed by atoms with E-state index in [0.29, 0.717) is 38.7 Å². The summed E-state index contributed by atoms with van der Waals surface area (Å²) in [7, 11) is 0. The first-order valence-corrected chi connectivity index (χ1v) is 13.8. The van der Waals surface area contributed by atoms with Crippen molar-refractivity contribution in [2.45, 2.75) is 88.8 Å². The van der Waals surface area contributed by atoms with Gasteiger partial charge in [0.1, 0.15) is 23.7 Å². The smallest absolute Gasteiger partial charge is 0.243 e. The van der Waals surface area contributed by atoms with E-state index in [1.165, 1.54) is 12.1 Å². The van der Waals surface area contributed by atoms with Crippen LogP contribution in [-0.4, -0.2) is 42.5 Å². The van der Waals surface area contributed by atoms with E-state index in [1.807, 2.05) is 24.3 Å². The van der Waals surface area contributed by atoms with Crippen LogP contribution >= 0.6 is 0 Å². The number of hydrogen-bond donors (Lipinski definition) is 3. The Labute approximate surface area is 223 Å². The summed E-state index contributed by atoms with van der Waals surface area (Å²) in [5.41, 5.74) is 1.86. The lowest BCUT2D eigenvalue weighted by Gasteiger charge is -2.25. The number of ether oxygens (including phenoxy) is 1. The number of amides is 3. The lowest BCUT2D eigenvalue weighted by atomic mass is 10.0. The maximum Gasteiger partial charge on any atom is 0.243 e. The second kappa shape index (κ2) is 13.9. The SMILES string of the molecule is O=C1CCc2cccc(c2)OCCCCC(C(=O)NC2CCCC2)NC(=O)[C@H](CCc2ccc(F)cc2)N1. The number of carbonyl (C=O) groups is 3. The van der Waals surface area contributed by atoms with Crippen molar-refractivity contribution in [1.82, 2.24) is 16.0 Å². The molecule has 3 amide bonds. The zero-order valence-electron chi connectivity index (χ0n) is 21.8. The van der Waals surface area contributed by atoms with Gasteiger partial charge in [-0.2, -0.15) is 0 Å². The molecule has 1 aliphatic carbocycles. The quantitative estimate of drug-likeness (QED) is 0.552. The summed E-state index contributed by atoms with van der Waals surface area (Å²) >= 11 is 0. The fraction of sp³-hybridized carbons (Fsp3) is 0.500. The van der Waals surface area contributed by atoms with Gasteiger partial charge >= 0.3 is 0 Å². The van der Waals surface area contributed by atoms with Gasteiger partial charge < -0.3 is 20.7 Å². The molecule has 1 unspecified atom stereocenters. The highest BCUT2D eigenvalue weighted by molar-refractivity contribution is 5.92. The predicted molar refractivity (Wildman–Crippen MR) is 143 cm³/mol. The minimum absolute atomic E-state index is 0.143. The number of benzene rings is 2. The highest BCUT2D eigenvalue weighted by Crippen LogP contribution is 2.19. The number of aryl methyl sites for hydroxylation is 2. The molecule has 2 atom stereocenters. The third-order valence-electron chi connectivity index (χ3n) is 7.32. The first kappa shape index (κ1) is 27.6. The molecule has 38 heavy (non-hydrogen) atoms. The van der Waals surface area contributed by atoms with Gasteiger partial charge in [0.25, 0.3) is 0 Å². The van der Waals surface area contributed by atoms with E-state index in [2.05, 4.69) is 16.0 Å². The van der Waals surface area contributed by atoms with Crippen molar-refractivity contribution in [2.75, 3.05) is 6.61 Å². The van der Waals surface area contributed by atoms with Crippen molar-refractivity contribution in [3.8, 4) is 5.75 Å². The molecule has 0 aromatic heterocycles. The van der Waals surface area contributed by atoms with E-state index >= 15 is 0 Å². The molecule has 2 aliphatic rings. The van der Waals surface area contributed by atoms with E-state index in [9.17, 15) is 18.8 Å². The van der Waals surface area contributed by atoms with Gasteiger partial charge in [0, 0.05) is 12.5 Å². The van der Waals surface area contributed by atoms with Crippen LogP contribution < -0.4 is 20.7 Å². The van der Waals surface area contributed by atoms with Crippen molar-refractivity contribution in [2.24, 2.45) is 0 Å². The van der Waals surface area contributed by atoms with Crippen LogP contribution in [0.4, 0.5) is 4.39 Å². The number of halogens is 1. The minimum Gasteiger partial charge on any atom is -0.494 e. The first-order chi connectivity index (χ1) is 18.5. The van der Waals surface area contributed by atoms with Gasteiger partial charge in [-0.25, -0.2) is 4.39 Å². The third-order valence-corrected chi connectivity index (χ3v) is 7.32. The fourth-order valence-electron chi connectivity index (χ4n) is 5.10. The minimum atomic E-state index is -0.808. The van der Waals surface area contributed by atoms with Crippen LogP contribution in [0.2, 0.25) is 0 Å². The molecule has 0 spiro atoms. The number of nitrogens with one attached hydrogen (secondary N) is 3. The van der Waals surface area contributed by atoms with Crippen LogP contribution in [0, 0.1) is 5.82 Å². The number of rotatable bonds is 5.